The number of rotatable bonds is 3. The highest BCUT2D eigenvalue weighted by Crippen LogP contribution is 2.45. The molecule has 3 N–H and O–H groups in total. The lowest BCUT2D eigenvalue weighted by Gasteiger charge is -2.36. The topological polar surface area (TPSA) is 88.6 Å². The Kier molecular flexibility index (Phi) is 3.62. The third kappa shape index (κ3) is 2.27. The fourth-order valence-electron chi connectivity index (χ4n) is 4.91. The van der Waals surface area contributed by atoms with E-state index in [1.54, 1.807) is 4.90 Å². The van der Waals surface area contributed by atoms with Crippen LogP contribution >= 0.6 is 0 Å². The van der Waals surface area contributed by atoms with Gasteiger partial charge in [0.15, 0.2) is 11.6 Å². The van der Waals surface area contributed by atoms with E-state index < -0.39 is 28.6 Å². The molecule has 0 spiro atoms. The van der Waals surface area contributed by atoms with Crippen molar-refractivity contribution in [1.29, 1.82) is 0 Å². The summed E-state index contributed by atoms with van der Waals surface area (Å²) in [6.45, 7) is 2.45. The molecule has 5 rings (SSSR count). The average Bonchev–Trinajstić information content (AvgIpc) is 3.42. The maximum absolute atomic E-state index is 15.7. The minimum absolute atomic E-state index is 0.00237. The Bertz CT molecular complexity index is 1090. The lowest BCUT2D eigenvalue weighted by Crippen LogP contribution is -2.46. The van der Waals surface area contributed by atoms with Crippen molar-refractivity contribution in [3.8, 4) is 0 Å². The Morgan fingerprint density at radius 2 is 1.96 bits per heavy atom. The Labute approximate surface area is 159 Å². The van der Waals surface area contributed by atoms with E-state index in [0.29, 0.717) is 19.0 Å². The summed E-state index contributed by atoms with van der Waals surface area (Å²) in [5.41, 5.74) is 4.61. The summed E-state index contributed by atoms with van der Waals surface area (Å²) in [5, 5.41) is 9.20. The number of halogens is 2. The third-order valence-electron chi connectivity index (χ3n) is 6.67. The summed E-state index contributed by atoms with van der Waals surface area (Å²) in [7, 11) is 0. The van der Waals surface area contributed by atoms with Crippen molar-refractivity contribution in [2.75, 3.05) is 18.0 Å². The molecular formula is C20H21F2N3O3. The van der Waals surface area contributed by atoms with Gasteiger partial charge in [-0.05, 0) is 38.0 Å². The summed E-state index contributed by atoms with van der Waals surface area (Å²) in [6, 6.07) is -0.0120. The number of pyridine rings is 1. The Morgan fingerprint density at radius 1 is 1.25 bits per heavy atom. The summed E-state index contributed by atoms with van der Waals surface area (Å²) < 4.78 is 32.5. The molecule has 1 aliphatic heterocycles. The van der Waals surface area contributed by atoms with Crippen molar-refractivity contribution >= 4 is 22.6 Å². The number of carboxylic acid groups (broad SMARTS) is 1. The zero-order valence-electron chi connectivity index (χ0n) is 15.4. The predicted octanol–water partition coefficient (Wildman–Crippen LogP) is 2.40. The van der Waals surface area contributed by atoms with Gasteiger partial charge in [0, 0.05) is 36.9 Å². The highest BCUT2D eigenvalue weighted by atomic mass is 19.1. The molecule has 28 heavy (non-hydrogen) atoms. The van der Waals surface area contributed by atoms with Gasteiger partial charge >= 0.3 is 5.97 Å². The van der Waals surface area contributed by atoms with E-state index in [0.717, 1.165) is 19.3 Å². The number of benzene rings is 1. The summed E-state index contributed by atoms with van der Waals surface area (Å²) in [6.07, 6.45) is 3.60. The van der Waals surface area contributed by atoms with Crippen LogP contribution in [0.25, 0.3) is 10.9 Å². The van der Waals surface area contributed by atoms with Crippen LogP contribution in [0.3, 0.4) is 0 Å². The molecule has 2 aliphatic carbocycles. The van der Waals surface area contributed by atoms with E-state index >= 15 is 8.78 Å². The van der Waals surface area contributed by atoms with Gasteiger partial charge in [-0.2, -0.15) is 0 Å². The van der Waals surface area contributed by atoms with E-state index in [2.05, 4.69) is 0 Å². The number of anilines is 1. The summed E-state index contributed by atoms with van der Waals surface area (Å²) >= 11 is 0. The van der Waals surface area contributed by atoms with E-state index in [1.807, 2.05) is 0 Å². The van der Waals surface area contributed by atoms with Crippen molar-refractivity contribution in [2.24, 2.45) is 17.6 Å². The van der Waals surface area contributed by atoms with Gasteiger partial charge in [-0.15, -0.1) is 0 Å². The number of fused-ring (bicyclic) bond motifs is 2. The highest BCUT2D eigenvalue weighted by molar-refractivity contribution is 5.95. The van der Waals surface area contributed by atoms with E-state index in [9.17, 15) is 14.7 Å². The number of aromatic nitrogens is 1. The first-order valence-electron chi connectivity index (χ1n) is 9.59. The molecule has 148 valence electrons. The highest BCUT2D eigenvalue weighted by Gasteiger charge is 2.46. The first-order valence-corrected chi connectivity index (χ1v) is 9.59. The van der Waals surface area contributed by atoms with Crippen LogP contribution in [-0.2, 0) is 0 Å². The van der Waals surface area contributed by atoms with Crippen LogP contribution in [0.5, 0.6) is 0 Å². The molecule has 0 unspecified atom stereocenters. The number of carbonyl (C=O) groups is 1. The SMILES string of the molecule is Cc1c(F)c(N2C[C@H]3C[C@@H](N)[C@H]3C2)c(F)c2c1c(=O)c(C(=O)O)cn2C1CC1. The first-order chi connectivity index (χ1) is 13.3. The van der Waals surface area contributed by atoms with Crippen molar-refractivity contribution in [2.45, 2.75) is 38.3 Å². The number of hydrogen-bond donors (Lipinski definition) is 2. The maximum Gasteiger partial charge on any atom is 0.341 e. The standard InChI is InChI=1S/C20H21F2N3O3/c1-8-14-17(25(10-2-3-10)7-12(19(14)26)20(27)28)16(22)18(15(8)21)24-5-9-4-13(23)11(9)6-24/h7,9-11,13H,2-6,23H2,1H3,(H,27,28)/t9-,11+,13-/m1/s1. The lowest BCUT2D eigenvalue weighted by molar-refractivity contribution is 0.0695. The van der Waals surface area contributed by atoms with Gasteiger partial charge in [0.25, 0.3) is 0 Å². The summed E-state index contributed by atoms with van der Waals surface area (Å²) in [5.74, 6) is -2.40. The molecule has 2 aromatic rings. The Morgan fingerprint density at radius 3 is 2.54 bits per heavy atom. The second-order valence-electron chi connectivity index (χ2n) is 8.37. The second kappa shape index (κ2) is 5.76. The number of hydrogen-bond acceptors (Lipinski definition) is 4. The minimum atomic E-state index is -1.39. The van der Waals surface area contributed by atoms with Gasteiger partial charge in [-0.3, -0.25) is 4.79 Å². The largest absolute Gasteiger partial charge is 0.477 e. The van der Waals surface area contributed by atoms with Gasteiger partial charge in [-0.25, -0.2) is 13.6 Å². The molecule has 2 heterocycles. The molecule has 3 fully saturated rings. The summed E-state index contributed by atoms with van der Waals surface area (Å²) in [4.78, 5) is 25.9. The molecule has 0 radical (unpaired) electrons. The molecular weight excluding hydrogens is 368 g/mol. The van der Waals surface area contributed by atoms with Crippen molar-refractivity contribution < 1.29 is 18.7 Å². The van der Waals surface area contributed by atoms with Gasteiger partial charge in [-0.1, -0.05) is 0 Å². The van der Waals surface area contributed by atoms with Gasteiger partial charge in [0.1, 0.15) is 11.3 Å². The number of carboxylic acids is 1. The Hall–Kier alpha value is -2.48. The molecule has 1 aromatic heterocycles. The quantitative estimate of drug-likeness (QED) is 0.842. The smallest absolute Gasteiger partial charge is 0.341 e. The zero-order valence-corrected chi connectivity index (χ0v) is 15.4. The maximum atomic E-state index is 15.7. The molecule has 3 atom stereocenters. The van der Waals surface area contributed by atoms with E-state index in [-0.39, 0.29) is 40.2 Å². The monoisotopic (exact) mass is 389 g/mol. The molecule has 1 aromatic carbocycles. The second-order valence-corrected chi connectivity index (χ2v) is 8.37. The van der Waals surface area contributed by atoms with Crippen LogP contribution in [0.2, 0.25) is 0 Å². The molecule has 3 aliphatic rings. The fourth-order valence-corrected chi connectivity index (χ4v) is 4.91. The molecule has 2 saturated carbocycles. The number of nitrogens with zero attached hydrogens (tertiary/aromatic N) is 2. The molecule has 8 heteroatoms. The molecule has 0 bridgehead atoms. The first kappa shape index (κ1) is 17.6. The normalized spacial score (nSPS) is 26.4. The lowest BCUT2D eigenvalue weighted by atomic mass is 9.72. The van der Waals surface area contributed by atoms with Crippen LogP contribution in [0.15, 0.2) is 11.0 Å². The van der Waals surface area contributed by atoms with Crippen molar-refractivity contribution in [1.82, 2.24) is 4.57 Å². The fraction of sp³-hybridized carbons (Fsp3) is 0.500. The van der Waals surface area contributed by atoms with E-state index in [1.165, 1.54) is 17.7 Å². The van der Waals surface area contributed by atoms with Crippen LogP contribution in [0.1, 0.15) is 41.2 Å². The molecule has 1 saturated heterocycles. The zero-order chi connectivity index (χ0) is 19.9. The van der Waals surface area contributed by atoms with Crippen LogP contribution in [0, 0.1) is 30.4 Å². The van der Waals surface area contributed by atoms with E-state index in [4.69, 9.17) is 5.73 Å². The van der Waals surface area contributed by atoms with Crippen molar-refractivity contribution in [3.63, 3.8) is 0 Å². The van der Waals surface area contributed by atoms with Gasteiger partial charge in [0.05, 0.1) is 10.9 Å². The number of aryl methyl sites for hydroxylation is 1. The van der Waals surface area contributed by atoms with Gasteiger partial charge < -0.3 is 20.3 Å². The molecule has 6 nitrogen and oxygen atoms in total. The number of aromatic carboxylic acids is 1. The van der Waals surface area contributed by atoms with Gasteiger partial charge in [0.2, 0.25) is 5.43 Å². The predicted molar refractivity (Wildman–Crippen MR) is 99.9 cm³/mol. The van der Waals surface area contributed by atoms with Crippen LogP contribution in [0.4, 0.5) is 14.5 Å². The van der Waals surface area contributed by atoms with Crippen molar-refractivity contribution in [3.05, 3.63) is 39.2 Å². The molecule has 0 amide bonds. The third-order valence-corrected chi connectivity index (χ3v) is 6.67. The minimum Gasteiger partial charge on any atom is -0.477 e. The number of nitrogens with two attached hydrogens (primary N) is 1. The average molecular weight is 389 g/mol. The Balaban J connectivity index is 1.78. The van der Waals surface area contributed by atoms with Crippen LogP contribution in [-0.4, -0.2) is 34.8 Å². The van der Waals surface area contributed by atoms with Crippen LogP contribution < -0.4 is 16.1 Å².